The lowest BCUT2D eigenvalue weighted by Crippen LogP contribution is -2.36. The number of carbonyl (C=O) groups excluding carboxylic acids is 1. The molecule has 124 valence electrons. The summed E-state index contributed by atoms with van der Waals surface area (Å²) in [4.78, 5) is 25.5. The molecule has 0 radical (unpaired) electrons. The van der Waals surface area contributed by atoms with Crippen molar-refractivity contribution >= 4 is 17.4 Å². The molecular formula is C19H22N4O. The molecule has 2 aromatic rings. The highest BCUT2D eigenvalue weighted by Gasteiger charge is 2.22. The Kier molecular flexibility index (Phi) is 4.15. The van der Waals surface area contributed by atoms with Gasteiger partial charge in [-0.15, -0.1) is 0 Å². The zero-order chi connectivity index (χ0) is 16.4. The number of fused-ring (bicyclic) bond motifs is 1. The summed E-state index contributed by atoms with van der Waals surface area (Å²) in [5.41, 5.74) is 3.00. The summed E-state index contributed by atoms with van der Waals surface area (Å²) < 4.78 is 0. The number of rotatable bonds is 2. The van der Waals surface area contributed by atoms with Crippen LogP contribution in [0.5, 0.6) is 0 Å². The molecule has 2 aliphatic heterocycles. The Balaban J connectivity index is 1.55. The van der Waals surface area contributed by atoms with Gasteiger partial charge in [0.15, 0.2) is 5.82 Å². The number of para-hydroxylation sites is 1. The van der Waals surface area contributed by atoms with E-state index in [1.54, 1.807) is 12.4 Å². The van der Waals surface area contributed by atoms with Gasteiger partial charge in [-0.2, -0.15) is 0 Å². The van der Waals surface area contributed by atoms with Crippen LogP contribution in [0.15, 0.2) is 36.7 Å². The zero-order valence-electron chi connectivity index (χ0n) is 13.8. The van der Waals surface area contributed by atoms with E-state index in [4.69, 9.17) is 0 Å². The molecule has 2 aliphatic rings. The summed E-state index contributed by atoms with van der Waals surface area (Å²) in [6.07, 6.45) is 8.95. The first-order valence-corrected chi connectivity index (χ1v) is 8.80. The number of likely N-dealkylation sites (tertiary alicyclic amines) is 1. The zero-order valence-corrected chi connectivity index (χ0v) is 13.8. The maximum absolute atomic E-state index is 12.5. The SMILES string of the molecule is O=C(c1cnc(N2CCCc3ccccc32)cn1)N1CCCCC1. The Morgan fingerprint density at radius 2 is 1.75 bits per heavy atom. The first-order valence-electron chi connectivity index (χ1n) is 8.80. The second-order valence-corrected chi connectivity index (χ2v) is 6.50. The molecule has 1 amide bonds. The number of carbonyl (C=O) groups is 1. The smallest absolute Gasteiger partial charge is 0.274 e. The van der Waals surface area contributed by atoms with E-state index in [1.807, 2.05) is 4.90 Å². The Morgan fingerprint density at radius 3 is 2.54 bits per heavy atom. The van der Waals surface area contributed by atoms with Gasteiger partial charge in [0.2, 0.25) is 0 Å². The Labute approximate surface area is 142 Å². The van der Waals surface area contributed by atoms with Crippen LogP contribution < -0.4 is 4.90 Å². The van der Waals surface area contributed by atoms with Gasteiger partial charge in [-0.05, 0) is 43.7 Å². The Morgan fingerprint density at radius 1 is 0.917 bits per heavy atom. The van der Waals surface area contributed by atoms with Crippen LogP contribution in [0.1, 0.15) is 41.7 Å². The summed E-state index contributed by atoms with van der Waals surface area (Å²) in [6, 6.07) is 8.43. The number of nitrogens with zero attached hydrogens (tertiary/aromatic N) is 4. The van der Waals surface area contributed by atoms with Crippen molar-refractivity contribution in [3.8, 4) is 0 Å². The van der Waals surface area contributed by atoms with Crippen LogP contribution in [-0.2, 0) is 6.42 Å². The van der Waals surface area contributed by atoms with Crippen LogP contribution in [0.2, 0.25) is 0 Å². The van der Waals surface area contributed by atoms with Crippen molar-refractivity contribution in [3.05, 3.63) is 47.9 Å². The van der Waals surface area contributed by atoms with Gasteiger partial charge in [-0.3, -0.25) is 4.79 Å². The lowest BCUT2D eigenvalue weighted by atomic mass is 10.0. The van der Waals surface area contributed by atoms with Crippen LogP contribution in [0.3, 0.4) is 0 Å². The summed E-state index contributed by atoms with van der Waals surface area (Å²) in [5, 5.41) is 0. The largest absolute Gasteiger partial charge is 0.337 e. The molecule has 1 aromatic carbocycles. The minimum absolute atomic E-state index is 0.00722. The summed E-state index contributed by atoms with van der Waals surface area (Å²) in [7, 11) is 0. The van der Waals surface area contributed by atoms with E-state index < -0.39 is 0 Å². The predicted octanol–water partition coefficient (Wildman–Crippen LogP) is 3.19. The topological polar surface area (TPSA) is 49.3 Å². The number of amides is 1. The van der Waals surface area contributed by atoms with Gasteiger partial charge in [0.05, 0.1) is 12.4 Å². The van der Waals surface area contributed by atoms with Gasteiger partial charge in [-0.1, -0.05) is 18.2 Å². The molecule has 1 fully saturated rings. The van der Waals surface area contributed by atoms with E-state index in [0.717, 1.165) is 51.1 Å². The van der Waals surface area contributed by atoms with E-state index in [2.05, 4.69) is 39.1 Å². The van der Waals surface area contributed by atoms with Gasteiger partial charge in [0.25, 0.3) is 5.91 Å². The van der Waals surface area contributed by atoms with E-state index in [0.29, 0.717) is 5.69 Å². The highest BCUT2D eigenvalue weighted by atomic mass is 16.2. The van der Waals surface area contributed by atoms with E-state index >= 15 is 0 Å². The molecular weight excluding hydrogens is 300 g/mol. The lowest BCUT2D eigenvalue weighted by Gasteiger charge is -2.30. The van der Waals surface area contributed by atoms with Crippen LogP contribution in [-0.4, -0.2) is 40.4 Å². The highest BCUT2D eigenvalue weighted by molar-refractivity contribution is 5.92. The molecule has 0 atom stereocenters. The van der Waals surface area contributed by atoms with Gasteiger partial charge >= 0.3 is 0 Å². The number of piperidine rings is 1. The maximum atomic E-state index is 12.5. The van der Waals surface area contributed by atoms with Gasteiger partial charge < -0.3 is 9.80 Å². The first-order chi connectivity index (χ1) is 11.8. The summed E-state index contributed by atoms with van der Waals surface area (Å²) in [6.45, 7) is 2.61. The molecule has 0 bridgehead atoms. The van der Waals surface area contributed by atoms with Crippen molar-refractivity contribution in [2.24, 2.45) is 0 Å². The molecule has 0 aliphatic carbocycles. The van der Waals surface area contributed by atoms with Crippen molar-refractivity contribution in [1.82, 2.24) is 14.9 Å². The Hall–Kier alpha value is -2.43. The minimum Gasteiger partial charge on any atom is -0.337 e. The van der Waals surface area contributed by atoms with Gasteiger partial charge in [0, 0.05) is 25.3 Å². The normalized spacial score (nSPS) is 17.5. The molecule has 1 saturated heterocycles. The van der Waals surface area contributed by atoms with Crippen molar-refractivity contribution in [2.75, 3.05) is 24.5 Å². The number of anilines is 2. The molecule has 0 N–H and O–H groups in total. The molecule has 5 nitrogen and oxygen atoms in total. The fraction of sp³-hybridized carbons (Fsp3) is 0.421. The van der Waals surface area contributed by atoms with Gasteiger partial charge in [-0.25, -0.2) is 9.97 Å². The maximum Gasteiger partial charge on any atom is 0.274 e. The molecule has 5 heteroatoms. The molecule has 0 unspecified atom stereocenters. The summed E-state index contributed by atoms with van der Waals surface area (Å²) in [5.74, 6) is 0.824. The second kappa shape index (κ2) is 6.59. The average Bonchev–Trinajstić information content (AvgIpc) is 2.68. The number of hydrogen-bond acceptors (Lipinski definition) is 4. The fourth-order valence-corrected chi connectivity index (χ4v) is 3.60. The summed E-state index contributed by atoms with van der Waals surface area (Å²) >= 11 is 0. The average molecular weight is 322 g/mol. The lowest BCUT2D eigenvalue weighted by molar-refractivity contribution is 0.0718. The van der Waals surface area contributed by atoms with E-state index in [9.17, 15) is 4.79 Å². The first kappa shape index (κ1) is 15.1. The minimum atomic E-state index is 0.00722. The third-order valence-electron chi connectivity index (χ3n) is 4.89. The molecule has 0 spiro atoms. The third kappa shape index (κ3) is 2.86. The number of benzene rings is 1. The van der Waals surface area contributed by atoms with E-state index in [-0.39, 0.29) is 5.91 Å². The van der Waals surface area contributed by atoms with Gasteiger partial charge in [0.1, 0.15) is 5.69 Å². The standard InChI is InChI=1S/C19H22N4O/c24-19(22-10-4-1-5-11-22)16-13-21-18(14-20-16)23-12-6-8-15-7-2-3-9-17(15)23/h2-3,7,9,13-14H,1,4-6,8,10-12H2. The molecule has 4 rings (SSSR count). The van der Waals surface area contributed by atoms with Crippen LogP contribution in [0.4, 0.5) is 11.5 Å². The van der Waals surface area contributed by atoms with Crippen LogP contribution in [0.25, 0.3) is 0 Å². The van der Waals surface area contributed by atoms with Crippen molar-refractivity contribution in [2.45, 2.75) is 32.1 Å². The molecule has 24 heavy (non-hydrogen) atoms. The van der Waals surface area contributed by atoms with Crippen LogP contribution in [0, 0.1) is 0 Å². The van der Waals surface area contributed by atoms with E-state index in [1.165, 1.54) is 17.7 Å². The van der Waals surface area contributed by atoms with Crippen molar-refractivity contribution < 1.29 is 4.79 Å². The number of aromatic nitrogens is 2. The van der Waals surface area contributed by atoms with Crippen LogP contribution >= 0.6 is 0 Å². The quantitative estimate of drug-likeness (QED) is 0.852. The third-order valence-corrected chi connectivity index (χ3v) is 4.89. The van der Waals surface area contributed by atoms with Crippen molar-refractivity contribution in [3.63, 3.8) is 0 Å². The predicted molar refractivity (Wildman–Crippen MR) is 93.6 cm³/mol. The molecule has 3 heterocycles. The molecule has 0 saturated carbocycles. The second-order valence-electron chi connectivity index (χ2n) is 6.50. The number of hydrogen-bond donors (Lipinski definition) is 0. The fourth-order valence-electron chi connectivity index (χ4n) is 3.60. The number of aryl methyl sites for hydroxylation is 1. The monoisotopic (exact) mass is 322 g/mol. The van der Waals surface area contributed by atoms with Crippen molar-refractivity contribution in [1.29, 1.82) is 0 Å². The Bertz CT molecular complexity index is 722. The highest BCUT2D eigenvalue weighted by Crippen LogP contribution is 2.31. The molecule has 1 aromatic heterocycles.